The van der Waals surface area contributed by atoms with Gasteiger partial charge in [-0.1, -0.05) is 0 Å². The summed E-state index contributed by atoms with van der Waals surface area (Å²) in [5.74, 6) is -0.599. The Kier molecular flexibility index (Phi) is 3.35. The van der Waals surface area contributed by atoms with Gasteiger partial charge in [-0.05, 0) is 18.4 Å². The maximum Gasteiger partial charge on any atom is 0.343 e. The van der Waals surface area contributed by atoms with E-state index < -0.39 is 5.97 Å². The first kappa shape index (κ1) is 10.8. The van der Waals surface area contributed by atoms with E-state index in [2.05, 4.69) is 4.74 Å². The molecule has 0 saturated heterocycles. The Morgan fingerprint density at radius 3 is 2.64 bits per heavy atom. The monoisotopic (exact) mass is 213 g/mol. The highest BCUT2D eigenvalue weighted by Crippen LogP contribution is 2.11. The van der Waals surface area contributed by atoms with E-state index in [1.807, 2.05) is 6.26 Å². The SMILES string of the molecule is COC(=O)c1ccc(SC)n(C)c1=O. The van der Waals surface area contributed by atoms with Crippen molar-refractivity contribution in [2.75, 3.05) is 13.4 Å². The summed E-state index contributed by atoms with van der Waals surface area (Å²) in [5, 5.41) is 0.808. The summed E-state index contributed by atoms with van der Waals surface area (Å²) in [6.07, 6.45) is 1.87. The van der Waals surface area contributed by atoms with Crippen LogP contribution in [0.3, 0.4) is 0 Å². The quantitative estimate of drug-likeness (QED) is 0.541. The van der Waals surface area contributed by atoms with E-state index in [1.165, 1.54) is 29.5 Å². The highest BCUT2D eigenvalue weighted by Gasteiger charge is 2.12. The average Bonchev–Trinajstić information content (AvgIpc) is 2.21. The number of carbonyl (C=O) groups is 1. The van der Waals surface area contributed by atoms with Crippen LogP contribution in [0.25, 0.3) is 0 Å². The van der Waals surface area contributed by atoms with E-state index in [9.17, 15) is 9.59 Å². The molecule has 0 aliphatic carbocycles. The third-order valence-corrected chi connectivity index (χ3v) is 2.70. The lowest BCUT2D eigenvalue weighted by atomic mass is 10.3. The first-order valence-electron chi connectivity index (χ1n) is 3.94. The molecular weight excluding hydrogens is 202 g/mol. The number of rotatable bonds is 2. The number of nitrogens with zero attached hydrogens (tertiary/aromatic N) is 1. The van der Waals surface area contributed by atoms with Crippen LogP contribution in [0.1, 0.15) is 10.4 Å². The number of esters is 1. The van der Waals surface area contributed by atoms with Gasteiger partial charge in [0.05, 0.1) is 12.1 Å². The molecule has 0 spiro atoms. The smallest absolute Gasteiger partial charge is 0.343 e. The van der Waals surface area contributed by atoms with Crippen LogP contribution < -0.4 is 5.56 Å². The molecule has 5 heteroatoms. The van der Waals surface area contributed by atoms with Gasteiger partial charge in [0.15, 0.2) is 0 Å². The Balaban J connectivity index is 3.31. The van der Waals surface area contributed by atoms with Gasteiger partial charge in [-0.15, -0.1) is 11.8 Å². The van der Waals surface area contributed by atoms with Crippen LogP contribution in [-0.4, -0.2) is 23.9 Å². The van der Waals surface area contributed by atoms with Crippen molar-refractivity contribution in [1.29, 1.82) is 0 Å². The predicted octanol–water partition coefficient (Wildman–Crippen LogP) is 0.894. The Bertz CT molecular complexity index is 411. The predicted molar refractivity (Wildman–Crippen MR) is 54.8 cm³/mol. The number of hydrogen-bond acceptors (Lipinski definition) is 4. The first-order valence-corrected chi connectivity index (χ1v) is 5.16. The molecule has 0 aliphatic heterocycles. The number of thioether (sulfide) groups is 1. The van der Waals surface area contributed by atoms with E-state index >= 15 is 0 Å². The van der Waals surface area contributed by atoms with Crippen LogP contribution in [-0.2, 0) is 11.8 Å². The van der Waals surface area contributed by atoms with E-state index in [0.717, 1.165) is 5.03 Å². The van der Waals surface area contributed by atoms with E-state index in [1.54, 1.807) is 13.1 Å². The second-order valence-corrected chi connectivity index (χ2v) is 3.47. The maximum atomic E-state index is 11.6. The van der Waals surface area contributed by atoms with Crippen molar-refractivity contribution in [3.63, 3.8) is 0 Å². The normalized spacial score (nSPS) is 9.93. The Labute approximate surface area is 85.9 Å². The molecule has 0 atom stereocenters. The number of hydrogen-bond donors (Lipinski definition) is 0. The van der Waals surface area contributed by atoms with Gasteiger partial charge < -0.3 is 9.30 Å². The van der Waals surface area contributed by atoms with Crippen LogP contribution in [0.2, 0.25) is 0 Å². The minimum absolute atomic E-state index is 0.0628. The van der Waals surface area contributed by atoms with E-state index in [4.69, 9.17) is 0 Å². The molecule has 0 bridgehead atoms. The van der Waals surface area contributed by atoms with Crippen molar-refractivity contribution in [1.82, 2.24) is 4.57 Å². The third kappa shape index (κ3) is 1.82. The summed E-state index contributed by atoms with van der Waals surface area (Å²) in [6.45, 7) is 0. The molecular formula is C9H11NO3S. The standard InChI is InChI=1S/C9H11NO3S/c1-10-7(14-3)5-4-6(8(10)11)9(12)13-2/h4-5H,1-3H3. The minimum Gasteiger partial charge on any atom is -0.465 e. The van der Waals surface area contributed by atoms with E-state index in [-0.39, 0.29) is 11.1 Å². The molecule has 0 aliphatic rings. The summed E-state index contributed by atoms with van der Waals surface area (Å²) in [4.78, 5) is 22.7. The molecule has 76 valence electrons. The second-order valence-electron chi connectivity index (χ2n) is 2.65. The molecule has 0 amide bonds. The fourth-order valence-electron chi connectivity index (χ4n) is 1.09. The third-order valence-electron chi connectivity index (χ3n) is 1.87. The fourth-order valence-corrected chi connectivity index (χ4v) is 1.65. The van der Waals surface area contributed by atoms with Crippen molar-refractivity contribution < 1.29 is 9.53 Å². The zero-order valence-corrected chi connectivity index (χ0v) is 9.05. The van der Waals surface area contributed by atoms with Crippen LogP contribution in [0.15, 0.2) is 22.0 Å². The summed E-state index contributed by atoms with van der Waals surface area (Å²) >= 11 is 1.45. The lowest BCUT2D eigenvalue weighted by molar-refractivity contribution is 0.0598. The van der Waals surface area contributed by atoms with Crippen molar-refractivity contribution in [2.24, 2.45) is 7.05 Å². The van der Waals surface area contributed by atoms with Crippen LogP contribution >= 0.6 is 11.8 Å². The van der Waals surface area contributed by atoms with Crippen molar-refractivity contribution in [3.8, 4) is 0 Å². The number of methoxy groups -OCH3 is 1. The largest absolute Gasteiger partial charge is 0.465 e. The highest BCUT2D eigenvalue weighted by atomic mass is 32.2. The Morgan fingerprint density at radius 1 is 1.50 bits per heavy atom. The first-order chi connectivity index (χ1) is 6.61. The molecule has 1 aromatic rings. The second kappa shape index (κ2) is 4.32. The Morgan fingerprint density at radius 2 is 2.14 bits per heavy atom. The molecule has 4 nitrogen and oxygen atoms in total. The molecule has 1 aromatic heterocycles. The number of carbonyl (C=O) groups excluding carboxylic acids is 1. The number of aromatic nitrogens is 1. The molecule has 1 heterocycles. The van der Waals surface area contributed by atoms with Crippen molar-refractivity contribution >= 4 is 17.7 Å². The molecule has 1 rings (SSSR count). The fraction of sp³-hybridized carbons (Fsp3) is 0.333. The highest BCUT2D eigenvalue weighted by molar-refractivity contribution is 7.98. The average molecular weight is 213 g/mol. The van der Waals surface area contributed by atoms with Gasteiger partial charge in [0, 0.05) is 7.05 Å². The topological polar surface area (TPSA) is 48.3 Å². The zero-order valence-electron chi connectivity index (χ0n) is 8.23. The van der Waals surface area contributed by atoms with Gasteiger partial charge in [0.2, 0.25) is 0 Å². The van der Waals surface area contributed by atoms with Crippen LogP contribution in [0, 0.1) is 0 Å². The lowest BCUT2D eigenvalue weighted by Crippen LogP contribution is -2.25. The lowest BCUT2D eigenvalue weighted by Gasteiger charge is -2.06. The molecule has 0 aromatic carbocycles. The zero-order chi connectivity index (χ0) is 10.7. The van der Waals surface area contributed by atoms with Gasteiger partial charge in [0.1, 0.15) is 5.56 Å². The molecule has 0 N–H and O–H groups in total. The summed E-state index contributed by atoms with van der Waals surface area (Å²) in [7, 11) is 2.88. The van der Waals surface area contributed by atoms with Gasteiger partial charge in [-0.2, -0.15) is 0 Å². The number of pyridine rings is 1. The molecule has 0 fully saturated rings. The van der Waals surface area contributed by atoms with Gasteiger partial charge in [-0.25, -0.2) is 4.79 Å². The number of ether oxygens (including phenoxy) is 1. The van der Waals surface area contributed by atoms with E-state index in [0.29, 0.717) is 0 Å². The molecule has 0 unspecified atom stereocenters. The Hall–Kier alpha value is -1.23. The molecule has 14 heavy (non-hydrogen) atoms. The molecule has 0 radical (unpaired) electrons. The van der Waals surface area contributed by atoms with Crippen LogP contribution in [0.5, 0.6) is 0 Å². The summed E-state index contributed by atoms with van der Waals surface area (Å²) in [6, 6.07) is 3.21. The van der Waals surface area contributed by atoms with Gasteiger partial charge in [-0.3, -0.25) is 4.79 Å². The summed E-state index contributed by atoms with van der Waals surface area (Å²) < 4.78 is 5.91. The van der Waals surface area contributed by atoms with Crippen molar-refractivity contribution in [2.45, 2.75) is 5.03 Å². The molecule has 0 saturated carbocycles. The maximum absolute atomic E-state index is 11.6. The van der Waals surface area contributed by atoms with Gasteiger partial charge in [0.25, 0.3) is 5.56 Å². The van der Waals surface area contributed by atoms with Crippen molar-refractivity contribution in [3.05, 3.63) is 28.0 Å². The summed E-state index contributed by atoms with van der Waals surface area (Å²) in [5.41, 5.74) is -0.267. The van der Waals surface area contributed by atoms with Crippen LogP contribution in [0.4, 0.5) is 0 Å². The minimum atomic E-state index is -0.599. The van der Waals surface area contributed by atoms with Gasteiger partial charge >= 0.3 is 5.97 Å².